The summed E-state index contributed by atoms with van der Waals surface area (Å²) in [7, 11) is 0. The van der Waals surface area contributed by atoms with E-state index in [-0.39, 0.29) is 0 Å². The first-order chi connectivity index (χ1) is 8.76. The summed E-state index contributed by atoms with van der Waals surface area (Å²) in [6.07, 6.45) is 3.15. The molecule has 5 nitrogen and oxygen atoms in total. The molecule has 1 saturated heterocycles. The molecule has 0 amide bonds. The van der Waals surface area contributed by atoms with E-state index in [9.17, 15) is 0 Å². The van der Waals surface area contributed by atoms with Gasteiger partial charge in [0.25, 0.3) is 0 Å². The Morgan fingerprint density at radius 1 is 1.33 bits per heavy atom. The van der Waals surface area contributed by atoms with Crippen molar-refractivity contribution in [1.29, 1.82) is 0 Å². The van der Waals surface area contributed by atoms with E-state index in [1.54, 1.807) is 0 Å². The smallest absolute Gasteiger partial charge is 0.240 e. The van der Waals surface area contributed by atoms with Crippen LogP contribution in [0.1, 0.15) is 45.3 Å². The predicted molar refractivity (Wildman–Crippen MR) is 70.2 cm³/mol. The van der Waals surface area contributed by atoms with Crippen molar-refractivity contribution in [2.75, 3.05) is 13.1 Å². The van der Waals surface area contributed by atoms with Crippen LogP contribution in [0.5, 0.6) is 0 Å². The van der Waals surface area contributed by atoms with Gasteiger partial charge in [-0.1, -0.05) is 25.9 Å². The third kappa shape index (κ3) is 3.09. The SMILES string of the molecule is CCc1noc(CN2CC(CC)NCC2CC)n1. The Labute approximate surface area is 109 Å². The lowest BCUT2D eigenvalue weighted by Crippen LogP contribution is -2.55. The van der Waals surface area contributed by atoms with Crippen molar-refractivity contribution in [1.82, 2.24) is 20.4 Å². The highest BCUT2D eigenvalue weighted by Gasteiger charge is 2.27. The van der Waals surface area contributed by atoms with E-state index in [1.807, 2.05) is 6.92 Å². The van der Waals surface area contributed by atoms with E-state index in [2.05, 4.69) is 34.2 Å². The van der Waals surface area contributed by atoms with Crippen molar-refractivity contribution in [3.05, 3.63) is 11.7 Å². The lowest BCUT2D eigenvalue weighted by molar-refractivity contribution is 0.104. The summed E-state index contributed by atoms with van der Waals surface area (Å²) >= 11 is 0. The number of piperazine rings is 1. The van der Waals surface area contributed by atoms with Gasteiger partial charge in [0.1, 0.15) is 0 Å². The molecule has 0 radical (unpaired) electrons. The largest absolute Gasteiger partial charge is 0.338 e. The molecule has 0 spiro atoms. The topological polar surface area (TPSA) is 54.2 Å². The Morgan fingerprint density at radius 2 is 2.17 bits per heavy atom. The maximum absolute atomic E-state index is 5.30. The van der Waals surface area contributed by atoms with Gasteiger partial charge in [0.15, 0.2) is 5.82 Å². The molecule has 2 unspecified atom stereocenters. The summed E-state index contributed by atoms with van der Waals surface area (Å²) in [5, 5.41) is 7.56. The second kappa shape index (κ2) is 6.29. The Bertz CT molecular complexity index is 366. The number of nitrogens with one attached hydrogen (secondary N) is 1. The Balaban J connectivity index is 1.99. The molecule has 1 aromatic heterocycles. The van der Waals surface area contributed by atoms with E-state index >= 15 is 0 Å². The van der Waals surface area contributed by atoms with Crippen molar-refractivity contribution >= 4 is 0 Å². The van der Waals surface area contributed by atoms with Crippen LogP contribution in [0, 0.1) is 0 Å². The van der Waals surface area contributed by atoms with E-state index in [1.165, 1.54) is 0 Å². The molecule has 2 heterocycles. The zero-order valence-electron chi connectivity index (χ0n) is 11.6. The molecular formula is C13H24N4O. The maximum atomic E-state index is 5.30. The minimum Gasteiger partial charge on any atom is -0.338 e. The van der Waals surface area contributed by atoms with Crippen LogP contribution in [-0.2, 0) is 13.0 Å². The Kier molecular flexibility index (Phi) is 4.72. The van der Waals surface area contributed by atoms with Crippen molar-refractivity contribution in [3.8, 4) is 0 Å². The van der Waals surface area contributed by atoms with Crippen LogP contribution in [0.4, 0.5) is 0 Å². The van der Waals surface area contributed by atoms with Crippen molar-refractivity contribution in [3.63, 3.8) is 0 Å². The number of hydrogen-bond donors (Lipinski definition) is 1. The number of aryl methyl sites for hydroxylation is 1. The average Bonchev–Trinajstić information content (AvgIpc) is 2.86. The fourth-order valence-electron chi connectivity index (χ4n) is 2.47. The van der Waals surface area contributed by atoms with Crippen LogP contribution >= 0.6 is 0 Å². The minimum absolute atomic E-state index is 0.574. The summed E-state index contributed by atoms with van der Waals surface area (Å²) < 4.78 is 5.30. The summed E-state index contributed by atoms with van der Waals surface area (Å²) in [5.74, 6) is 1.56. The van der Waals surface area contributed by atoms with Crippen molar-refractivity contribution in [2.24, 2.45) is 0 Å². The fraction of sp³-hybridized carbons (Fsp3) is 0.846. The van der Waals surface area contributed by atoms with Crippen LogP contribution in [-0.4, -0.2) is 40.2 Å². The lowest BCUT2D eigenvalue weighted by atomic mass is 10.1. The first-order valence-electron chi connectivity index (χ1n) is 7.05. The van der Waals surface area contributed by atoms with Gasteiger partial charge in [-0.05, 0) is 12.8 Å². The summed E-state index contributed by atoms with van der Waals surface area (Å²) in [4.78, 5) is 6.87. The highest BCUT2D eigenvalue weighted by atomic mass is 16.5. The van der Waals surface area contributed by atoms with Gasteiger partial charge >= 0.3 is 0 Å². The highest BCUT2D eigenvalue weighted by molar-refractivity contribution is 4.90. The number of aromatic nitrogens is 2. The number of hydrogen-bond acceptors (Lipinski definition) is 5. The minimum atomic E-state index is 0.574. The molecule has 0 aromatic carbocycles. The highest BCUT2D eigenvalue weighted by Crippen LogP contribution is 2.15. The molecular weight excluding hydrogens is 228 g/mol. The molecule has 1 aliphatic rings. The number of rotatable bonds is 5. The molecule has 1 fully saturated rings. The van der Waals surface area contributed by atoms with Crippen LogP contribution in [0.15, 0.2) is 4.52 Å². The van der Waals surface area contributed by atoms with Gasteiger partial charge in [-0.2, -0.15) is 4.98 Å². The normalized spacial score (nSPS) is 25.5. The van der Waals surface area contributed by atoms with Gasteiger partial charge < -0.3 is 9.84 Å². The Hall–Kier alpha value is -0.940. The predicted octanol–water partition coefficient (Wildman–Crippen LogP) is 1.59. The second-order valence-electron chi connectivity index (χ2n) is 4.96. The van der Waals surface area contributed by atoms with E-state index in [0.29, 0.717) is 12.1 Å². The van der Waals surface area contributed by atoms with Crippen LogP contribution < -0.4 is 5.32 Å². The van der Waals surface area contributed by atoms with Crippen LogP contribution in [0.2, 0.25) is 0 Å². The van der Waals surface area contributed by atoms with E-state index < -0.39 is 0 Å². The van der Waals surface area contributed by atoms with Crippen molar-refractivity contribution < 1.29 is 4.52 Å². The second-order valence-corrected chi connectivity index (χ2v) is 4.96. The monoisotopic (exact) mass is 252 g/mol. The van der Waals surface area contributed by atoms with Gasteiger partial charge in [0, 0.05) is 31.6 Å². The molecule has 102 valence electrons. The van der Waals surface area contributed by atoms with Crippen molar-refractivity contribution in [2.45, 2.75) is 58.7 Å². The molecule has 0 saturated carbocycles. The first-order valence-corrected chi connectivity index (χ1v) is 7.05. The molecule has 1 N–H and O–H groups in total. The fourth-order valence-corrected chi connectivity index (χ4v) is 2.47. The van der Waals surface area contributed by atoms with Crippen LogP contribution in [0.3, 0.4) is 0 Å². The summed E-state index contributed by atoms with van der Waals surface area (Å²) in [6.45, 7) is 9.41. The molecule has 0 aliphatic carbocycles. The van der Waals surface area contributed by atoms with Gasteiger partial charge in [-0.15, -0.1) is 0 Å². The van der Waals surface area contributed by atoms with Crippen LogP contribution in [0.25, 0.3) is 0 Å². The maximum Gasteiger partial charge on any atom is 0.240 e. The van der Waals surface area contributed by atoms with Gasteiger partial charge in [0.05, 0.1) is 6.54 Å². The third-order valence-corrected chi connectivity index (χ3v) is 3.74. The quantitative estimate of drug-likeness (QED) is 0.862. The van der Waals surface area contributed by atoms with Gasteiger partial charge in [0.2, 0.25) is 5.89 Å². The van der Waals surface area contributed by atoms with Gasteiger partial charge in [-0.25, -0.2) is 0 Å². The summed E-state index contributed by atoms with van der Waals surface area (Å²) in [5.41, 5.74) is 0. The molecule has 2 atom stereocenters. The lowest BCUT2D eigenvalue weighted by Gasteiger charge is -2.39. The molecule has 1 aliphatic heterocycles. The zero-order valence-corrected chi connectivity index (χ0v) is 11.6. The molecule has 18 heavy (non-hydrogen) atoms. The first kappa shape index (κ1) is 13.5. The zero-order chi connectivity index (χ0) is 13.0. The molecule has 1 aromatic rings. The molecule has 0 bridgehead atoms. The third-order valence-electron chi connectivity index (χ3n) is 3.74. The Morgan fingerprint density at radius 3 is 2.78 bits per heavy atom. The average molecular weight is 252 g/mol. The molecule has 2 rings (SSSR count). The van der Waals surface area contributed by atoms with E-state index in [0.717, 1.165) is 50.6 Å². The number of nitrogens with zero attached hydrogens (tertiary/aromatic N) is 3. The standard InChI is InChI=1S/C13H24N4O/c1-4-10-8-17(11(5-2)7-14-10)9-13-15-12(6-3)16-18-13/h10-11,14H,4-9H2,1-3H3. The molecule has 5 heteroatoms. The summed E-state index contributed by atoms with van der Waals surface area (Å²) in [6, 6.07) is 1.16. The van der Waals surface area contributed by atoms with Gasteiger partial charge in [-0.3, -0.25) is 4.90 Å². The van der Waals surface area contributed by atoms with E-state index in [4.69, 9.17) is 4.52 Å².